The molecule has 2 atom stereocenters. The van der Waals surface area contributed by atoms with E-state index in [1.54, 1.807) is 12.1 Å². The number of benzene rings is 3. The summed E-state index contributed by atoms with van der Waals surface area (Å²) < 4.78 is 12.3. The van der Waals surface area contributed by atoms with Gasteiger partial charge in [-0.3, -0.25) is 14.4 Å². The normalized spacial score (nSPS) is 22.6. The van der Waals surface area contributed by atoms with E-state index in [9.17, 15) is 24.6 Å². The van der Waals surface area contributed by atoms with Gasteiger partial charge in [-0.25, -0.2) is 0 Å². The number of hydrogen-bond donors (Lipinski definition) is 2. The molecule has 1 saturated heterocycles. The second-order valence-corrected chi connectivity index (χ2v) is 8.96. The molecule has 2 N–H and O–H groups in total. The fraction of sp³-hybridized carbons (Fsp3) is 0.192. The lowest BCUT2D eigenvalue weighted by Gasteiger charge is -2.47. The zero-order chi connectivity index (χ0) is 23.8. The van der Waals surface area contributed by atoms with Gasteiger partial charge in [-0.15, -0.1) is 0 Å². The second-order valence-electron chi connectivity index (χ2n) is 8.96. The Balaban J connectivity index is 1.57. The molecule has 2 bridgehead atoms. The molecule has 0 unspecified atom stereocenters. The molecule has 0 radical (unpaired) electrons. The fourth-order valence-corrected chi connectivity index (χ4v) is 5.36. The van der Waals surface area contributed by atoms with Crippen molar-refractivity contribution in [3.63, 3.8) is 0 Å². The minimum atomic E-state index is -1.31. The van der Waals surface area contributed by atoms with Crippen molar-refractivity contribution in [3.05, 3.63) is 88.0 Å². The minimum absolute atomic E-state index is 0.0589. The van der Waals surface area contributed by atoms with E-state index < -0.39 is 41.9 Å². The van der Waals surface area contributed by atoms with Crippen LogP contribution in [0, 0.1) is 0 Å². The summed E-state index contributed by atoms with van der Waals surface area (Å²) in [7, 11) is -0.882. The van der Waals surface area contributed by atoms with Crippen LogP contribution in [0.2, 0.25) is 0 Å². The number of phenolic OH excluding ortho intramolecular Hbond substituents is 2. The van der Waals surface area contributed by atoms with Crippen molar-refractivity contribution in [2.75, 3.05) is 0 Å². The molecule has 2 aliphatic carbocycles. The molecule has 168 valence electrons. The molecule has 3 aromatic rings. The van der Waals surface area contributed by atoms with Crippen LogP contribution in [-0.4, -0.2) is 40.3 Å². The standard InChI is InChI=1S/C26H19BO7/c1-13(28)26-11-17-19(18(12-26)33-27(34-26)14-7-3-2-4-8-14)25(32)21-20(24(17)31)22(29)15-9-5-6-10-16(15)23(21)30/h2-10,18,31-32H,11-12H2,1H3/t18-,26+/m1/s1. The third-order valence-corrected chi connectivity index (χ3v) is 7.09. The average Bonchev–Trinajstić information content (AvgIpc) is 2.84. The zero-order valence-corrected chi connectivity index (χ0v) is 18.2. The van der Waals surface area contributed by atoms with Crippen LogP contribution >= 0.6 is 0 Å². The molecule has 34 heavy (non-hydrogen) atoms. The van der Waals surface area contributed by atoms with Gasteiger partial charge in [0.15, 0.2) is 17.3 Å². The summed E-state index contributed by atoms with van der Waals surface area (Å²) in [6.45, 7) is 1.41. The van der Waals surface area contributed by atoms with E-state index in [0.717, 1.165) is 0 Å². The Morgan fingerprint density at radius 1 is 0.941 bits per heavy atom. The Labute approximate surface area is 195 Å². The SMILES string of the molecule is CC(=O)[C@]12Cc3c(O)c4c(c(O)c3[C@@H](C1)OB(c1ccccc1)O2)C(=O)c1ccccc1C4=O. The highest BCUT2D eigenvalue weighted by molar-refractivity contribution is 6.61. The van der Waals surface area contributed by atoms with Crippen molar-refractivity contribution >= 4 is 29.9 Å². The Morgan fingerprint density at radius 3 is 2.15 bits per heavy atom. The Morgan fingerprint density at radius 2 is 1.53 bits per heavy atom. The van der Waals surface area contributed by atoms with Gasteiger partial charge in [0.2, 0.25) is 0 Å². The predicted molar refractivity (Wildman–Crippen MR) is 122 cm³/mol. The van der Waals surface area contributed by atoms with Crippen LogP contribution in [0.15, 0.2) is 54.6 Å². The maximum atomic E-state index is 13.3. The fourth-order valence-electron chi connectivity index (χ4n) is 5.36. The highest BCUT2D eigenvalue weighted by Gasteiger charge is 2.55. The maximum absolute atomic E-state index is 13.3. The summed E-state index contributed by atoms with van der Waals surface area (Å²) in [5.41, 5.74) is -0.369. The van der Waals surface area contributed by atoms with Gasteiger partial charge in [-0.1, -0.05) is 54.6 Å². The molecule has 7 nitrogen and oxygen atoms in total. The van der Waals surface area contributed by atoms with Crippen LogP contribution < -0.4 is 5.46 Å². The van der Waals surface area contributed by atoms with Crippen LogP contribution in [0.25, 0.3) is 0 Å². The predicted octanol–water partition coefficient (Wildman–Crippen LogP) is 2.63. The van der Waals surface area contributed by atoms with Crippen LogP contribution in [0.3, 0.4) is 0 Å². The van der Waals surface area contributed by atoms with E-state index in [1.165, 1.54) is 19.1 Å². The first-order valence-corrected chi connectivity index (χ1v) is 11.0. The molecule has 8 heteroatoms. The number of carbonyl (C=O) groups is 3. The molecule has 0 amide bonds. The zero-order valence-electron chi connectivity index (χ0n) is 18.2. The highest BCUT2D eigenvalue weighted by Crippen LogP contribution is 2.53. The van der Waals surface area contributed by atoms with Gasteiger partial charge in [-0.05, 0) is 12.4 Å². The molecule has 0 spiro atoms. The van der Waals surface area contributed by atoms with Crippen molar-refractivity contribution < 1.29 is 33.9 Å². The number of fused-ring (bicyclic) bond motifs is 6. The van der Waals surface area contributed by atoms with Crippen molar-refractivity contribution in [2.24, 2.45) is 0 Å². The maximum Gasteiger partial charge on any atom is 0.495 e. The topological polar surface area (TPSA) is 110 Å². The van der Waals surface area contributed by atoms with Gasteiger partial charge in [0.05, 0.1) is 17.2 Å². The van der Waals surface area contributed by atoms with Gasteiger partial charge in [-0.2, -0.15) is 0 Å². The lowest BCUT2D eigenvalue weighted by molar-refractivity contribution is -0.144. The molecule has 3 aromatic carbocycles. The monoisotopic (exact) mass is 454 g/mol. The summed E-state index contributed by atoms with van der Waals surface area (Å²) in [5, 5.41) is 22.6. The Kier molecular flexibility index (Phi) is 4.37. The van der Waals surface area contributed by atoms with E-state index in [4.69, 9.17) is 9.31 Å². The first kappa shape index (κ1) is 20.8. The van der Waals surface area contributed by atoms with Crippen molar-refractivity contribution in [2.45, 2.75) is 31.5 Å². The first-order chi connectivity index (χ1) is 16.3. The summed E-state index contributed by atoms with van der Waals surface area (Å²) in [6, 6.07) is 15.4. The molecule has 3 aliphatic rings. The smallest absolute Gasteiger partial charge is 0.495 e. The van der Waals surface area contributed by atoms with E-state index in [2.05, 4.69) is 0 Å². The third-order valence-electron chi connectivity index (χ3n) is 7.09. The van der Waals surface area contributed by atoms with Crippen molar-refractivity contribution in [1.29, 1.82) is 0 Å². The lowest BCUT2D eigenvalue weighted by atomic mass is 9.66. The molecular weight excluding hydrogens is 435 g/mol. The number of Topliss-reactive ketones (excluding diaryl/α,β-unsaturated/α-hetero) is 1. The van der Waals surface area contributed by atoms with Gasteiger partial charge in [0.25, 0.3) is 0 Å². The van der Waals surface area contributed by atoms with Gasteiger partial charge < -0.3 is 19.5 Å². The second kappa shape index (κ2) is 7.12. The number of hydrogen-bond acceptors (Lipinski definition) is 7. The summed E-state index contributed by atoms with van der Waals surface area (Å²) >= 11 is 0. The number of aromatic hydroxyl groups is 2. The number of ketones is 3. The largest absolute Gasteiger partial charge is 0.507 e. The molecular formula is C26H19BO7. The van der Waals surface area contributed by atoms with E-state index >= 15 is 0 Å². The van der Waals surface area contributed by atoms with Gasteiger partial charge >= 0.3 is 7.12 Å². The molecule has 0 saturated carbocycles. The summed E-state index contributed by atoms with van der Waals surface area (Å²) in [5.74, 6) is -2.17. The Hall–Kier alpha value is -3.75. The average molecular weight is 454 g/mol. The number of phenols is 2. The number of rotatable bonds is 2. The van der Waals surface area contributed by atoms with Crippen LogP contribution in [0.5, 0.6) is 11.5 Å². The van der Waals surface area contributed by atoms with Gasteiger partial charge in [0, 0.05) is 35.1 Å². The minimum Gasteiger partial charge on any atom is -0.507 e. The van der Waals surface area contributed by atoms with Crippen LogP contribution in [0.4, 0.5) is 0 Å². The highest BCUT2D eigenvalue weighted by atomic mass is 16.6. The Bertz CT molecular complexity index is 1410. The van der Waals surface area contributed by atoms with Crippen molar-refractivity contribution in [1.82, 2.24) is 0 Å². The molecule has 6 rings (SSSR count). The van der Waals surface area contributed by atoms with E-state index in [1.807, 2.05) is 30.3 Å². The quantitative estimate of drug-likeness (QED) is 0.354. The molecule has 1 aliphatic heterocycles. The molecule has 1 fully saturated rings. The number of carbonyl (C=O) groups excluding carboxylic acids is 3. The third kappa shape index (κ3) is 2.69. The van der Waals surface area contributed by atoms with Gasteiger partial charge in [0.1, 0.15) is 17.1 Å². The van der Waals surface area contributed by atoms with Crippen LogP contribution in [-0.2, 0) is 20.5 Å². The van der Waals surface area contributed by atoms with Crippen LogP contribution in [0.1, 0.15) is 62.4 Å². The van der Waals surface area contributed by atoms with Crippen molar-refractivity contribution in [3.8, 4) is 11.5 Å². The molecule has 1 heterocycles. The summed E-state index contributed by atoms with van der Waals surface area (Å²) in [6.07, 6.45) is -0.775. The lowest BCUT2D eigenvalue weighted by Crippen LogP contribution is -2.58. The summed E-state index contributed by atoms with van der Waals surface area (Å²) in [4.78, 5) is 39.4. The van der Waals surface area contributed by atoms with E-state index in [0.29, 0.717) is 5.46 Å². The first-order valence-electron chi connectivity index (χ1n) is 11.0. The molecule has 0 aromatic heterocycles. The van der Waals surface area contributed by atoms with E-state index in [-0.39, 0.29) is 52.0 Å².